The van der Waals surface area contributed by atoms with Crippen LogP contribution < -0.4 is 10.2 Å². The van der Waals surface area contributed by atoms with Gasteiger partial charge in [0.25, 0.3) is 5.91 Å². The molecule has 8 nitrogen and oxygen atoms in total. The van der Waals surface area contributed by atoms with Gasteiger partial charge in [0.05, 0.1) is 12.2 Å². The van der Waals surface area contributed by atoms with Gasteiger partial charge in [-0.15, -0.1) is 11.3 Å². The van der Waals surface area contributed by atoms with Crippen LogP contribution in [0.5, 0.6) is 0 Å². The molecule has 1 aliphatic rings. The molecule has 178 valence electrons. The normalized spacial score (nSPS) is 14.6. The lowest BCUT2D eigenvalue weighted by molar-refractivity contribution is 0.0526. The Balaban J connectivity index is 1.47. The second-order valence-corrected chi connectivity index (χ2v) is 10.4. The standard InChI is InChI=1S/C24H25N3O5S2/c1-2-32-24(29)18-7-6-8-19(17-18)25-23(28)22-21(11-16-33-22)34(30,31)27-14-12-26(13-15-27)20-9-4-3-5-10-20/h3-11,16-17H,2,12-15H2,1H3,(H,25,28). The number of piperazine rings is 1. The molecule has 1 aromatic heterocycles. The molecular weight excluding hydrogens is 474 g/mol. The quantitative estimate of drug-likeness (QED) is 0.498. The molecule has 4 rings (SSSR count). The van der Waals surface area contributed by atoms with Gasteiger partial charge in [0.15, 0.2) is 0 Å². The number of hydrogen-bond donors (Lipinski definition) is 1. The van der Waals surface area contributed by atoms with Crippen molar-refractivity contribution in [3.05, 3.63) is 76.5 Å². The first-order chi connectivity index (χ1) is 16.4. The summed E-state index contributed by atoms with van der Waals surface area (Å²) in [4.78, 5) is 27.2. The number of rotatable bonds is 7. The molecule has 10 heteroatoms. The SMILES string of the molecule is CCOC(=O)c1cccc(NC(=O)c2sccc2S(=O)(=O)N2CCN(c3ccccc3)CC2)c1. The minimum Gasteiger partial charge on any atom is -0.462 e. The molecule has 0 atom stereocenters. The molecule has 1 aliphatic heterocycles. The third kappa shape index (κ3) is 5.14. The zero-order chi connectivity index (χ0) is 24.1. The van der Waals surface area contributed by atoms with Crippen LogP contribution >= 0.6 is 11.3 Å². The number of carbonyl (C=O) groups is 2. The topological polar surface area (TPSA) is 96.0 Å². The van der Waals surface area contributed by atoms with Crippen molar-refractivity contribution in [2.24, 2.45) is 0 Å². The van der Waals surface area contributed by atoms with Crippen LogP contribution in [-0.4, -0.2) is 57.4 Å². The van der Waals surface area contributed by atoms with Crippen molar-refractivity contribution < 1.29 is 22.7 Å². The fraction of sp³-hybridized carbons (Fsp3) is 0.250. The third-order valence-electron chi connectivity index (χ3n) is 5.44. The van der Waals surface area contributed by atoms with Gasteiger partial charge in [-0.25, -0.2) is 13.2 Å². The molecular formula is C24H25N3O5S2. The summed E-state index contributed by atoms with van der Waals surface area (Å²) in [5, 5.41) is 4.29. The summed E-state index contributed by atoms with van der Waals surface area (Å²) in [5.74, 6) is -1.04. The number of sulfonamides is 1. The summed E-state index contributed by atoms with van der Waals surface area (Å²) < 4.78 is 33.1. The number of benzene rings is 2. The van der Waals surface area contributed by atoms with Crippen molar-refractivity contribution in [2.45, 2.75) is 11.8 Å². The van der Waals surface area contributed by atoms with Gasteiger partial charge in [-0.3, -0.25) is 4.79 Å². The van der Waals surface area contributed by atoms with E-state index in [2.05, 4.69) is 10.2 Å². The summed E-state index contributed by atoms with van der Waals surface area (Å²) in [6, 6.07) is 17.7. The molecule has 2 aromatic carbocycles. The van der Waals surface area contributed by atoms with Crippen molar-refractivity contribution in [3.63, 3.8) is 0 Å². The van der Waals surface area contributed by atoms with E-state index in [0.717, 1.165) is 17.0 Å². The van der Waals surface area contributed by atoms with Crippen LogP contribution in [0.3, 0.4) is 0 Å². The van der Waals surface area contributed by atoms with Crippen molar-refractivity contribution in [1.82, 2.24) is 4.31 Å². The Bertz CT molecular complexity index is 1270. The Hall–Kier alpha value is -3.21. The number of anilines is 2. The second-order valence-electron chi connectivity index (χ2n) is 7.60. The summed E-state index contributed by atoms with van der Waals surface area (Å²) in [6.45, 7) is 3.74. The van der Waals surface area contributed by atoms with Crippen molar-refractivity contribution in [3.8, 4) is 0 Å². The van der Waals surface area contributed by atoms with Gasteiger partial charge in [-0.2, -0.15) is 4.31 Å². The molecule has 1 fully saturated rings. The number of ether oxygens (including phenoxy) is 1. The maximum atomic E-state index is 13.4. The molecule has 34 heavy (non-hydrogen) atoms. The number of carbonyl (C=O) groups excluding carboxylic acids is 2. The van der Waals surface area contributed by atoms with Crippen LogP contribution in [0.1, 0.15) is 27.0 Å². The van der Waals surface area contributed by atoms with Gasteiger partial charge in [0.2, 0.25) is 10.0 Å². The third-order valence-corrected chi connectivity index (χ3v) is 8.43. The van der Waals surface area contributed by atoms with E-state index >= 15 is 0 Å². The Morgan fingerprint density at radius 2 is 1.74 bits per heavy atom. The van der Waals surface area contributed by atoms with Crippen molar-refractivity contribution in [1.29, 1.82) is 0 Å². The van der Waals surface area contributed by atoms with Crippen molar-refractivity contribution >= 4 is 44.6 Å². The van der Waals surface area contributed by atoms with Crippen LogP contribution in [0.4, 0.5) is 11.4 Å². The number of thiophene rings is 1. The summed E-state index contributed by atoms with van der Waals surface area (Å²) in [7, 11) is -3.84. The molecule has 2 heterocycles. The first kappa shape index (κ1) is 23.9. The minimum atomic E-state index is -3.84. The first-order valence-electron chi connectivity index (χ1n) is 10.9. The highest BCUT2D eigenvalue weighted by Gasteiger charge is 2.32. The number of amides is 1. The van der Waals surface area contributed by atoms with Crippen LogP contribution in [0.15, 0.2) is 70.9 Å². The maximum Gasteiger partial charge on any atom is 0.338 e. The van der Waals surface area contributed by atoms with E-state index in [1.54, 1.807) is 30.5 Å². The Kier molecular flexibility index (Phi) is 7.30. The van der Waals surface area contributed by atoms with Gasteiger partial charge < -0.3 is 15.0 Å². The lowest BCUT2D eigenvalue weighted by atomic mass is 10.2. The molecule has 0 saturated carbocycles. The minimum absolute atomic E-state index is 0.00953. The van der Waals surface area contributed by atoms with Crippen LogP contribution in [0.2, 0.25) is 0 Å². The predicted octanol–water partition coefficient (Wildman–Crippen LogP) is 3.69. The molecule has 0 aliphatic carbocycles. The molecule has 0 radical (unpaired) electrons. The van der Waals surface area contributed by atoms with E-state index < -0.39 is 21.9 Å². The molecule has 1 saturated heterocycles. The number of esters is 1. The zero-order valence-electron chi connectivity index (χ0n) is 18.6. The van der Waals surface area contributed by atoms with E-state index in [1.165, 1.54) is 16.4 Å². The Labute approximate surface area is 202 Å². The van der Waals surface area contributed by atoms with Crippen LogP contribution in [0.25, 0.3) is 0 Å². The fourth-order valence-electron chi connectivity index (χ4n) is 3.76. The molecule has 0 bridgehead atoms. The van der Waals surface area contributed by atoms with Gasteiger partial charge in [-0.1, -0.05) is 24.3 Å². The average molecular weight is 500 g/mol. The van der Waals surface area contributed by atoms with Crippen LogP contribution in [-0.2, 0) is 14.8 Å². The highest BCUT2D eigenvalue weighted by atomic mass is 32.2. The van der Waals surface area contributed by atoms with Gasteiger partial charge in [-0.05, 0) is 48.7 Å². The highest BCUT2D eigenvalue weighted by Crippen LogP contribution is 2.28. The largest absolute Gasteiger partial charge is 0.462 e. The molecule has 1 amide bonds. The van der Waals surface area contributed by atoms with E-state index in [0.29, 0.717) is 37.4 Å². The summed E-state index contributed by atoms with van der Waals surface area (Å²) in [6.07, 6.45) is 0. The molecule has 0 unspecified atom stereocenters. The highest BCUT2D eigenvalue weighted by molar-refractivity contribution is 7.89. The van der Waals surface area contributed by atoms with Gasteiger partial charge in [0, 0.05) is 37.6 Å². The first-order valence-corrected chi connectivity index (χ1v) is 13.2. The smallest absolute Gasteiger partial charge is 0.338 e. The monoisotopic (exact) mass is 499 g/mol. The fourth-order valence-corrected chi connectivity index (χ4v) is 6.47. The van der Waals surface area contributed by atoms with Gasteiger partial charge in [0.1, 0.15) is 9.77 Å². The maximum absolute atomic E-state index is 13.4. The van der Waals surface area contributed by atoms with E-state index in [-0.39, 0.29) is 16.4 Å². The lowest BCUT2D eigenvalue weighted by Crippen LogP contribution is -2.48. The van der Waals surface area contributed by atoms with E-state index in [1.807, 2.05) is 30.3 Å². The summed E-state index contributed by atoms with van der Waals surface area (Å²) in [5.41, 5.74) is 1.74. The van der Waals surface area contributed by atoms with E-state index in [4.69, 9.17) is 4.74 Å². The Morgan fingerprint density at radius 3 is 2.44 bits per heavy atom. The average Bonchev–Trinajstić information content (AvgIpc) is 3.36. The second kappa shape index (κ2) is 10.4. The van der Waals surface area contributed by atoms with E-state index in [9.17, 15) is 18.0 Å². The molecule has 0 spiro atoms. The van der Waals surface area contributed by atoms with Crippen molar-refractivity contribution in [2.75, 3.05) is 43.0 Å². The van der Waals surface area contributed by atoms with Gasteiger partial charge >= 0.3 is 5.97 Å². The zero-order valence-corrected chi connectivity index (χ0v) is 20.3. The number of nitrogens with one attached hydrogen (secondary N) is 1. The number of nitrogens with zero attached hydrogens (tertiary/aromatic N) is 2. The molecule has 1 N–H and O–H groups in total. The number of hydrogen-bond acceptors (Lipinski definition) is 7. The lowest BCUT2D eigenvalue weighted by Gasteiger charge is -2.35. The summed E-state index contributed by atoms with van der Waals surface area (Å²) >= 11 is 1.06. The number of para-hydroxylation sites is 1. The van der Waals surface area contributed by atoms with Crippen LogP contribution in [0, 0.1) is 0 Å². The Morgan fingerprint density at radius 1 is 1.00 bits per heavy atom. The molecule has 3 aromatic rings. The predicted molar refractivity (Wildman–Crippen MR) is 132 cm³/mol.